The van der Waals surface area contributed by atoms with Crippen LogP contribution in [-0.2, 0) is 7.05 Å². The zero-order chi connectivity index (χ0) is 12.7. The number of aromatic nitrogens is 2. The molecule has 94 valence electrons. The number of hydrogen-bond donors (Lipinski definition) is 1. The van der Waals surface area contributed by atoms with Gasteiger partial charge in [0.2, 0.25) is 0 Å². The third-order valence-electron chi connectivity index (χ3n) is 3.23. The van der Waals surface area contributed by atoms with Crippen LogP contribution in [0.5, 0.6) is 5.75 Å². The van der Waals surface area contributed by atoms with Gasteiger partial charge in [0, 0.05) is 25.1 Å². The molecule has 1 unspecified atom stereocenters. The highest BCUT2D eigenvalue weighted by Crippen LogP contribution is 2.40. The molecule has 2 aromatic rings. The average molecular weight is 248 g/mol. The van der Waals surface area contributed by atoms with Crippen LogP contribution in [0, 0.1) is 5.82 Å². The van der Waals surface area contributed by atoms with Crippen molar-refractivity contribution in [3.8, 4) is 5.75 Å². The number of aliphatic hydroxyl groups is 1. The normalized spacial score (nSPS) is 22.4. The summed E-state index contributed by atoms with van der Waals surface area (Å²) in [6.45, 7) is 0. The van der Waals surface area contributed by atoms with E-state index >= 15 is 0 Å². The minimum atomic E-state index is -0.644. The molecule has 1 aliphatic rings. The maximum Gasteiger partial charge on any atom is 0.143 e. The molecule has 0 saturated carbocycles. The summed E-state index contributed by atoms with van der Waals surface area (Å²) in [5.74, 6) is 0.0338. The van der Waals surface area contributed by atoms with E-state index in [1.54, 1.807) is 18.6 Å². The second kappa shape index (κ2) is 4.10. The standard InChI is InChI=1S/C13H13FN2O2/c1-16-7-15-6-10(16)13-5-11(17)9-3-2-8(14)4-12(9)18-13/h2-4,6-7,11,13,17H,5H2,1H3/t11-,13?/m1/s1. The quantitative estimate of drug-likeness (QED) is 0.840. The van der Waals surface area contributed by atoms with Crippen molar-refractivity contribution in [2.24, 2.45) is 7.05 Å². The first-order valence-corrected chi connectivity index (χ1v) is 5.75. The van der Waals surface area contributed by atoms with Gasteiger partial charge in [0.1, 0.15) is 17.7 Å². The van der Waals surface area contributed by atoms with Gasteiger partial charge in [-0.3, -0.25) is 0 Å². The lowest BCUT2D eigenvalue weighted by atomic mass is 9.97. The molecule has 0 saturated heterocycles. The molecule has 18 heavy (non-hydrogen) atoms. The summed E-state index contributed by atoms with van der Waals surface area (Å²) < 4.78 is 20.8. The molecule has 5 heteroatoms. The van der Waals surface area contributed by atoms with Gasteiger partial charge >= 0.3 is 0 Å². The molecule has 0 bridgehead atoms. The second-order valence-electron chi connectivity index (χ2n) is 4.47. The summed E-state index contributed by atoms with van der Waals surface area (Å²) >= 11 is 0. The van der Waals surface area contributed by atoms with E-state index in [2.05, 4.69) is 4.98 Å². The molecule has 0 radical (unpaired) electrons. The van der Waals surface area contributed by atoms with Gasteiger partial charge in [0.25, 0.3) is 0 Å². The Morgan fingerprint density at radius 1 is 1.50 bits per heavy atom. The van der Waals surface area contributed by atoms with Crippen LogP contribution in [0.3, 0.4) is 0 Å². The van der Waals surface area contributed by atoms with Gasteiger partial charge in [-0.1, -0.05) is 0 Å². The fourth-order valence-corrected chi connectivity index (χ4v) is 2.28. The Hall–Kier alpha value is -1.88. The number of halogens is 1. The van der Waals surface area contributed by atoms with Crippen molar-refractivity contribution in [2.45, 2.75) is 18.6 Å². The molecule has 0 aliphatic carbocycles. The van der Waals surface area contributed by atoms with Crippen LogP contribution >= 0.6 is 0 Å². The van der Waals surface area contributed by atoms with Crippen LogP contribution in [0.1, 0.15) is 29.9 Å². The molecular weight excluding hydrogens is 235 g/mol. The average Bonchev–Trinajstić information content (AvgIpc) is 2.74. The Kier molecular flexibility index (Phi) is 2.56. The van der Waals surface area contributed by atoms with Gasteiger partial charge in [0.15, 0.2) is 0 Å². The summed E-state index contributed by atoms with van der Waals surface area (Å²) in [6, 6.07) is 4.20. The summed E-state index contributed by atoms with van der Waals surface area (Å²) in [5, 5.41) is 10.1. The monoisotopic (exact) mass is 248 g/mol. The minimum absolute atomic E-state index is 0.304. The first-order valence-electron chi connectivity index (χ1n) is 5.75. The van der Waals surface area contributed by atoms with Gasteiger partial charge in [0.05, 0.1) is 24.3 Å². The van der Waals surface area contributed by atoms with Crippen LogP contribution in [0.2, 0.25) is 0 Å². The Balaban J connectivity index is 1.98. The Labute approximate surface area is 104 Å². The number of aryl methyl sites for hydroxylation is 1. The fraction of sp³-hybridized carbons (Fsp3) is 0.308. The van der Waals surface area contributed by atoms with Crippen LogP contribution in [0.25, 0.3) is 0 Å². The number of imidazole rings is 1. The van der Waals surface area contributed by atoms with Crippen molar-refractivity contribution < 1.29 is 14.2 Å². The zero-order valence-electron chi connectivity index (χ0n) is 9.88. The van der Waals surface area contributed by atoms with Crippen molar-refractivity contribution in [1.82, 2.24) is 9.55 Å². The van der Waals surface area contributed by atoms with E-state index in [0.717, 1.165) is 5.69 Å². The Bertz CT molecular complexity index is 582. The fourth-order valence-electron chi connectivity index (χ4n) is 2.28. The minimum Gasteiger partial charge on any atom is -0.484 e. The number of hydrogen-bond acceptors (Lipinski definition) is 3. The number of fused-ring (bicyclic) bond motifs is 1. The van der Waals surface area contributed by atoms with Gasteiger partial charge in [-0.05, 0) is 12.1 Å². The van der Waals surface area contributed by atoms with Crippen molar-refractivity contribution in [1.29, 1.82) is 0 Å². The smallest absolute Gasteiger partial charge is 0.143 e. The number of rotatable bonds is 1. The molecule has 1 N–H and O–H groups in total. The Morgan fingerprint density at radius 2 is 2.33 bits per heavy atom. The van der Waals surface area contributed by atoms with E-state index < -0.39 is 6.10 Å². The predicted octanol–water partition coefficient (Wildman–Crippen LogP) is 2.12. The highest BCUT2D eigenvalue weighted by atomic mass is 19.1. The zero-order valence-corrected chi connectivity index (χ0v) is 9.88. The highest BCUT2D eigenvalue weighted by Gasteiger charge is 2.29. The third-order valence-corrected chi connectivity index (χ3v) is 3.23. The Morgan fingerprint density at radius 3 is 3.06 bits per heavy atom. The van der Waals surface area contributed by atoms with Crippen LogP contribution < -0.4 is 4.74 Å². The lowest BCUT2D eigenvalue weighted by Crippen LogP contribution is -2.20. The largest absolute Gasteiger partial charge is 0.484 e. The van der Waals surface area contributed by atoms with Gasteiger partial charge in [-0.25, -0.2) is 9.37 Å². The third kappa shape index (κ3) is 1.76. The van der Waals surface area contributed by atoms with Crippen LogP contribution in [0.4, 0.5) is 4.39 Å². The van der Waals surface area contributed by atoms with Crippen molar-refractivity contribution >= 4 is 0 Å². The molecule has 2 heterocycles. The lowest BCUT2D eigenvalue weighted by molar-refractivity contribution is 0.0619. The van der Waals surface area contributed by atoms with Crippen LogP contribution in [-0.4, -0.2) is 14.7 Å². The number of benzene rings is 1. The van der Waals surface area contributed by atoms with E-state index in [-0.39, 0.29) is 11.9 Å². The molecule has 1 aliphatic heterocycles. The second-order valence-corrected chi connectivity index (χ2v) is 4.47. The van der Waals surface area contributed by atoms with Gasteiger partial charge in [-0.2, -0.15) is 0 Å². The van der Waals surface area contributed by atoms with E-state index in [1.807, 2.05) is 11.6 Å². The molecule has 4 nitrogen and oxygen atoms in total. The van der Waals surface area contributed by atoms with Crippen molar-refractivity contribution in [3.05, 3.63) is 47.8 Å². The van der Waals surface area contributed by atoms with E-state index in [1.165, 1.54) is 12.1 Å². The molecule has 0 amide bonds. The van der Waals surface area contributed by atoms with E-state index in [4.69, 9.17) is 4.74 Å². The van der Waals surface area contributed by atoms with Crippen molar-refractivity contribution in [3.63, 3.8) is 0 Å². The van der Waals surface area contributed by atoms with Gasteiger partial charge < -0.3 is 14.4 Å². The topological polar surface area (TPSA) is 47.3 Å². The number of ether oxygens (including phenoxy) is 1. The molecular formula is C13H13FN2O2. The number of aliphatic hydroxyl groups excluding tert-OH is 1. The summed E-state index contributed by atoms with van der Waals surface area (Å²) in [4.78, 5) is 4.02. The molecule has 0 spiro atoms. The van der Waals surface area contributed by atoms with E-state index in [0.29, 0.717) is 17.7 Å². The maximum absolute atomic E-state index is 13.2. The molecule has 1 aromatic carbocycles. The molecule has 0 fully saturated rings. The first kappa shape index (κ1) is 11.2. The predicted molar refractivity (Wildman–Crippen MR) is 62.6 cm³/mol. The van der Waals surface area contributed by atoms with Gasteiger partial charge in [-0.15, -0.1) is 0 Å². The molecule has 3 rings (SSSR count). The number of nitrogens with zero attached hydrogens (tertiary/aromatic N) is 2. The lowest BCUT2D eigenvalue weighted by Gasteiger charge is -2.29. The maximum atomic E-state index is 13.2. The summed E-state index contributed by atoms with van der Waals surface area (Å²) in [6.07, 6.45) is 2.86. The SMILES string of the molecule is Cn1cncc1C1C[C@@H](O)c2ccc(F)cc2O1. The molecule has 1 aromatic heterocycles. The van der Waals surface area contributed by atoms with E-state index in [9.17, 15) is 9.50 Å². The first-order chi connectivity index (χ1) is 8.65. The molecule has 2 atom stereocenters. The highest BCUT2D eigenvalue weighted by molar-refractivity contribution is 5.38. The summed E-state index contributed by atoms with van der Waals surface area (Å²) in [7, 11) is 1.86. The van der Waals surface area contributed by atoms with Crippen LogP contribution in [0.15, 0.2) is 30.7 Å². The van der Waals surface area contributed by atoms with Crippen molar-refractivity contribution in [2.75, 3.05) is 0 Å². The summed E-state index contributed by atoms with van der Waals surface area (Å²) in [5.41, 5.74) is 1.50.